The number of H-pyrrole nitrogens is 1. The van der Waals surface area contributed by atoms with E-state index in [1.165, 1.54) is 19.2 Å². The van der Waals surface area contributed by atoms with Crippen LogP contribution in [-0.4, -0.2) is 22.2 Å². The Morgan fingerprint density at radius 2 is 1.94 bits per heavy atom. The van der Waals surface area contributed by atoms with Crippen LogP contribution in [0.3, 0.4) is 0 Å². The summed E-state index contributed by atoms with van der Waals surface area (Å²) in [6.45, 7) is 2.27. The van der Waals surface area contributed by atoms with Crippen LogP contribution >= 0.6 is 11.6 Å². The number of nitrogens with zero attached hydrogens (tertiary/aromatic N) is 1. The molecule has 0 aliphatic rings. The molecular formula is C24H22ClFN2O3. The van der Waals surface area contributed by atoms with Crippen LogP contribution in [-0.2, 0) is 13.0 Å². The maximum Gasteiger partial charge on any atom is 0.169 e. The normalized spacial score (nSPS) is 12.2. The van der Waals surface area contributed by atoms with Crippen LogP contribution in [0.4, 0.5) is 4.39 Å². The van der Waals surface area contributed by atoms with E-state index in [-0.39, 0.29) is 17.9 Å². The Bertz CT molecular complexity index is 1210. The van der Waals surface area contributed by atoms with E-state index in [2.05, 4.69) is 9.97 Å². The fourth-order valence-corrected chi connectivity index (χ4v) is 3.64. The molecule has 0 aliphatic carbocycles. The minimum absolute atomic E-state index is 0.0129. The molecular weight excluding hydrogens is 419 g/mol. The molecule has 0 radical (unpaired) electrons. The molecule has 2 aromatic carbocycles. The third-order valence-electron chi connectivity index (χ3n) is 5.21. The zero-order valence-electron chi connectivity index (χ0n) is 17.2. The first kappa shape index (κ1) is 21.2. The summed E-state index contributed by atoms with van der Waals surface area (Å²) in [4.78, 5) is 7.41. The van der Waals surface area contributed by atoms with Crippen molar-refractivity contribution in [2.45, 2.75) is 26.1 Å². The molecule has 2 N–H and O–H groups in total. The van der Waals surface area contributed by atoms with Gasteiger partial charge in [-0.2, -0.15) is 0 Å². The van der Waals surface area contributed by atoms with Crippen molar-refractivity contribution in [1.82, 2.24) is 9.97 Å². The Morgan fingerprint density at radius 3 is 2.65 bits per heavy atom. The van der Waals surface area contributed by atoms with Crippen molar-refractivity contribution < 1.29 is 19.0 Å². The number of aryl methyl sites for hydroxylation is 1. The maximum absolute atomic E-state index is 14.9. The second-order valence-corrected chi connectivity index (χ2v) is 7.58. The van der Waals surface area contributed by atoms with Crippen molar-refractivity contribution in [3.63, 3.8) is 0 Å². The Morgan fingerprint density at radius 1 is 1.16 bits per heavy atom. The molecule has 0 spiro atoms. The lowest BCUT2D eigenvalue weighted by Crippen LogP contribution is -2.07. The van der Waals surface area contributed by atoms with Crippen molar-refractivity contribution in [3.05, 3.63) is 88.0 Å². The number of aromatic amines is 1. The van der Waals surface area contributed by atoms with E-state index in [1.807, 2.05) is 25.1 Å². The fraction of sp³-hybridized carbons (Fsp3) is 0.208. The molecule has 0 saturated carbocycles. The van der Waals surface area contributed by atoms with E-state index in [0.29, 0.717) is 22.0 Å². The quantitative estimate of drug-likeness (QED) is 0.393. The summed E-state index contributed by atoms with van der Waals surface area (Å²) < 4.78 is 26.2. The van der Waals surface area contributed by atoms with E-state index in [4.69, 9.17) is 21.1 Å². The van der Waals surface area contributed by atoms with E-state index in [1.54, 1.807) is 24.5 Å². The molecule has 4 aromatic rings. The molecule has 0 bridgehead atoms. The van der Waals surface area contributed by atoms with Crippen molar-refractivity contribution in [2.75, 3.05) is 7.11 Å². The summed E-state index contributed by atoms with van der Waals surface area (Å²) >= 11 is 5.92. The first-order valence-corrected chi connectivity index (χ1v) is 10.3. The van der Waals surface area contributed by atoms with Crippen molar-refractivity contribution >= 4 is 22.6 Å². The largest absolute Gasteiger partial charge is 0.492 e. The highest BCUT2D eigenvalue weighted by molar-refractivity contribution is 6.30. The number of aromatic nitrogens is 2. The summed E-state index contributed by atoms with van der Waals surface area (Å²) in [7, 11) is 1.42. The van der Waals surface area contributed by atoms with Gasteiger partial charge in [0.25, 0.3) is 0 Å². The molecule has 2 aromatic heterocycles. The number of hydrogen-bond donors (Lipinski definition) is 2. The predicted molar refractivity (Wildman–Crippen MR) is 118 cm³/mol. The average Bonchev–Trinajstić information content (AvgIpc) is 3.21. The summed E-state index contributed by atoms with van der Waals surface area (Å²) in [5.41, 5.74) is 3.07. The number of aliphatic hydroxyl groups excluding tert-OH is 1. The summed E-state index contributed by atoms with van der Waals surface area (Å²) in [6.07, 6.45) is 2.95. The van der Waals surface area contributed by atoms with Gasteiger partial charge in [0.2, 0.25) is 0 Å². The molecule has 0 amide bonds. The highest BCUT2D eigenvalue weighted by Crippen LogP contribution is 2.41. The van der Waals surface area contributed by atoms with Crippen LogP contribution in [0.25, 0.3) is 11.0 Å². The molecule has 0 fully saturated rings. The Labute approximate surface area is 184 Å². The highest BCUT2D eigenvalue weighted by Gasteiger charge is 2.26. The van der Waals surface area contributed by atoms with Gasteiger partial charge in [0.15, 0.2) is 11.5 Å². The molecule has 1 atom stereocenters. The van der Waals surface area contributed by atoms with Gasteiger partial charge in [-0.15, -0.1) is 0 Å². The number of hydrogen-bond acceptors (Lipinski definition) is 4. The topological polar surface area (TPSA) is 67.4 Å². The van der Waals surface area contributed by atoms with E-state index >= 15 is 0 Å². The third-order valence-corrected chi connectivity index (χ3v) is 5.47. The molecule has 1 unspecified atom stereocenters. The van der Waals surface area contributed by atoms with Crippen molar-refractivity contribution in [3.8, 4) is 11.5 Å². The summed E-state index contributed by atoms with van der Waals surface area (Å²) in [5.74, 6) is -0.104. The number of ether oxygens (including phenoxy) is 2. The SMILES string of the molecule is CCc1cnc2[nH]cc(C(O)c3c(F)ccc(OCc4ccc(Cl)cc4)c3OC)c2c1. The van der Waals surface area contributed by atoms with Gasteiger partial charge in [-0.05, 0) is 47.9 Å². The first-order valence-electron chi connectivity index (χ1n) is 9.89. The van der Waals surface area contributed by atoms with Crippen LogP contribution in [0, 0.1) is 5.82 Å². The average molecular weight is 441 g/mol. The van der Waals surface area contributed by atoms with Crippen LogP contribution in [0.1, 0.15) is 35.3 Å². The van der Waals surface area contributed by atoms with Gasteiger partial charge >= 0.3 is 0 Å². The van der Waals surface area contributed by atoms with Gasteiger partial charge in [-0.3, -0.25) is 0 Å². The van der Waals surface area contributed by atoms with Crippen molar-refractivity contribution in [2.24, 2.45) is 0 Å². The molecule has 2 heterocycles. The standard InChI is InChI=1S/C24H22ClFN2O3/c1-3-14-10-17-18(12-28-24(17)27-11-14)22(29)21-19(26)8-9-20(23(21)30-2)31-13-15-4-6-16(25)7-5-15/h4-12,22,29H,3,13H2,1-2H3,(H,27,28). The highest BCUT2D eigenvalue weighted by atomic mass is 35.5. The first-order chi connectivity index (χ1) is 15.0. The zero-order valence-corrected chi connectivity index (χ0v) is 17.9. The monoisotopic (exact) mass is 440 g/mol. The van der Waals surface area contributed by atoms with Gasteiger partial charge in [0.05, 0.1) is 12.7 Å². The van der Waals surface area contributed by atoms with Crippen LogP contribution < -0.4 is 9.47 Å². The lowest BCUT2D eigenvalue weighted by molar-refractivity contribution is 0.206. The zero-order chi connectivity index (χ0) is 22.0. The molecule has 31 heavy (non-hydrogen) atoms. The Kier molecular flexibility index (Phi) is 6.11. The smallest absolute Gasteiger partial charge is 0.169 e. The summed E-state index contributed by atoms with van der Waals surface area (Å²) in [5, 5.41) is 12.5. The fourth-order valence-electron chi connectivity index (χ4n) is 3.52. The number of aliphatic hydroxyl groups is 1. The van der Waals surface area contributed by atoms with Gasteiger partial charge < -0.3 is 19.6 Å². The van der Waals surface area contributed by atoms with Crippen LogP contribution in [0.2, 0.25) is 5.02 Å². The number of fused-ring (bicyclic) bond motifs is 1. The van der Waals surface area contributed by atoms with E-state index in [9.17, 15) is 9.50 Å². The molecule has 4 rings (SSSR count). The van der Waals surface area contributed by atoms with E-state index < -0.39 is 11.9 Å². The Hall–Kier alpha value is -3.09. The second kappa shape index (κ2) is 8.96. The van der Waals surface area contributed by atoms with Crippen LogP contribution in [0.15, 0.2) is 54.9 Å². The minimum atomic E-state index is -1.27. The number of rotatable bonds is 7. The number of nitrogens with one attached hydrogen (secondary N) is 1. The second-order valence-electron chi connectivity index (χ2n) is 7.15. The Balaban J connectivity index is 1.70. The predicted octanol–water partition coefficient (Wildman–Crippen LogP) is 5.59. The van der Waals surface area contributed by atoms with Gasteiger partial charge in [0, 0.05) is 28.4 Å². The van der Waals surface area contributed by atoms with Gasteiger partial charge in [0.1, 0.15) is 24.2 Å². The van der Waals surface area contributed by atoms with Gasteiger partial charge in [-0.1, -0.05) is 30.7 Å². The number of pyridine rings is 1. The molecule has 7 heteroatoms. The number of benzene rings is 2. The lowest BCUT2D eigenvalue weighted by Gasteiger charge is -2.19. The lowest BCUT2D eigenvalue weighted by atomic mass is 9.99. The number of halogens is 2. The molecule has 0 aliphatic heterocycles. The molecule has 160 valence electrons. The number of methoxy groups -OCH3 is 1. The third kappa shape index (κ3) is 4.22. The van der Waals surface area contributed by atoms with E-state index in [0.717, 1.165) is 22.9 Å². The minimum Gasteiger partial charge on any atom is -0.492 e. The molecule has 0 saturated heterocycles. The van der Waals surface area contributed by atoms with Crippen molar-refractivity contribution in [1.29, 1.82) is 0 Å². The van der Waals surface area contributed by atoms with Gasteiger partial charge in [-0.25, -0.2) is 9.37 Å². The molecule has 5 nitrogen and oxygen atoms in total. The summed E-state index contributed by atoms with van der Waals surface area (Å²) in [6, 6.07) is 11.9. The van der Waals surface area contributed by atoms with Crippen LogP contribution in [0.5, 0.6) is 11.5 Å². The maximum atomic E-state index is 14.9.